The fraction of sp³-hybridized carbons (Fsp3) is 0.235. The number of hydrogen-bond acceptors (Lipinski definition) is 2. The number of urea groups is 1. The largest absolute Gasteiger partial charge is 0.486 e. The Kier molecular flexibility index (Phi) is 4.14. The molecule has 6 heteroatoms. The number of carbonyl (C=O) groups is 1. The number of hydrogen-bond donors (Lipinski definition) is 1. The van der Waals surface area contributed by atoms with Gasteiger partial charge in [0.05, 0.1) is 17.9 Å². The summed E-state index contributed by atoms with van der Waals surface area (Å²) in [4.78, 5) is 14.0. The number of nitrogens with zero attached hydrogens (tertiary/aromatic N) is 1. The zero-order valence-corrected chi connectivity index (χ0v) is 12.6. The predicted molar refractivity (Wildman–Crippen MR) is 83.9 cm³/mol. The molecule has 0 aliphatic carbocycles. The summed E-state index contributed by atoms with van der Waals surface area (Å²) in [5.41, 5.74) is 0.561. The van der Waals surface area contributed by atoms with Crippen LogP contribution in [-0.2, 0) is 0 Å². The number of rotatable bonds is 2. The number of nitrogens with one attached hydrogen (secondary N) is 1. The van der Waals surface area contributed by atoms with E-state index in [2.05, 4.69) is 5.32 Å². The van der Waals surface area contributed by atoms with E-state index in [1.54, 1.807) is 18.2 Å². The summed E-state index contributed by atoms with van der Waals surface area (Å²) < 4.78 is 32.5. The van der Waals surface area contributed by atoms with Crippen LogP contribution in [-0.4, -0.2) is 18.7 Å². The molecule has 3 rings (SSSR count). The van der Waals surface area contributed by atoms with Crippen LogP contribution in [0, 0.1) is 11.6 Å². The van der Waals surface area contributed by atoms with Crippen LogP contribution in [0.15, 0.2) is 42.5 Å². The summed E-state index contributed by atoms with van der Waals surface area (Å²) >= 11 is 0. The Bertz CT molecular complexity index is 736. The summed E-state index contributed by atoms with van der Waals surface area (Å²) in [5, 5.41) is 2.48. The maximum absolute atomic E-state index is 13.7. The van der Waals surface area contributed by atoms with Crippen molar-refractivity contribution in [2.45, 2.75) is 19.4 Å². The third-order valence-electron chi connectivity index (χ3n) is 3.71. The third kappa shape index (κ3) is 3.11. The van der Waals surface area contributed by atoms with Crippen LogP contribution in [0.5, 0.6) is 5.75 Å². The zero-order chi connectivity index (χ0) is 16.4. The number of ether oxygens (including phenoxy) is 1. The molecule has 0 spiro atoms. The monoisotopic (exact) mass is 318 g/mol. The summed E-state index contributed by atoms with van der Waals surface area (Å²) in [6.45, 7) is 2.33. The molecular formula is C17H16F2N2O2. The van der Waals surface area contributed by atoms with Gasteiger partial charge in [-0.1, -0.05) is 19.1 Å². The summed E-state index contributed by atoms with van der Waals surface area (Å²) in [6, 6.07) is 9.73. The second-order valence-electron chi connectivity index (χ2n) is 5.28. The van der Waals surface area contributed by atoms with Crippen LogP contribution in [0.3, 0.4) is 0 Å². The van der Waals surface area contributed by atoms with Gasteiger partial charge in [0.2, 0.25) is 0 Å². The lowest BCUT2D eigenvalue weighted by Crippen LogP contribution is -2.45. The van der Waals surface area contributed by atoms with E-state index >= 15 is 0 Å². The normalized spacial score (nSPS) is 16.5. The number of benzene rings is 2. The highest BCUT2D eigenvalue weighted by molar-refractivity contribution is 6.03. The molecule has 23 heavy (non-hydrogen) atoms. The standard InChI is InChI=1S/C17H16F2N2O2/c1-2-12-10-21(15-5-3-4-6-16(15)23-12)17(22)20-14-8-7-11(18)9-13(14)19/h3-9,12H,2,10H2,1H3,(H,20,22)/t12-/m1/s1. The van der Waals surface area contributed by atoms with Crippen LogP contribution in [0.1, 0.15) is 13.3 Å². The molecule has 1 atom stereocenters. The Hall–Kier alpha value is -2.63. The van der Waals surface area contributed by atoms with Gasteiger partial charge in [-0.05, 0) is 30.7 Å². The van der Waals surface area contributed by atoms with Crippen LogP contribution in [0.4, 0.5) is 25.0 Å². The first-order chi connectivity index (χ1) is 11.1. The molecule has 1 aliphatic heterocycles. The molecule has 2 aromatic rings. The molecule has 0 unspecified atom stereocenters. The van der Waals surface area contributed by atoms with Gasteiger partial charge in [-0.25, -0.2) is 13.6 Å². The van der Waals surface area contributed by atoms with Crippen molar-refractivity contribution in [1.82, 2.24) is 0 Å². The van der Waals surface area contributed by atoms with Crippen LogP contribution < -0.4 is 15.0 Å². The molecule has 0 saturated carbocycles. The first kappa shape index (κ1) is 15.3. The Morgan fingerprint density at radius 2 is 2.09 bits per heavy atom. The molecule has 1 N–H and O–H groups in total. The number of para-hydroxylation sites is 2. The fourth-order valence-electron chi connectivity index (χ4n) is 2.48. The van der Waals surface area contributed by atoms with Crippen LogP contribution in [0.25, 0.3) is 0 Å². The van der Waals surface area contributed by atoms with Crippen LogP contribution in [0.2, 0.25) is 0 Å². The maximum Gasteiger partial charge on any atom is 0.326 e. The number of carbonyl (C=O) groups excluding carboxylic acids is 1. The van der Waals surface area contributed by atoms with E-state index in [0.29, 0.717) is 18.0 Å². The maximum atomic E-state index is 13.7. The first-order valence-electron chi connectivity index (χ1n) is 7.37. The van der Waals surface area contributed by atoms with Gasteiger partial charge in [0.1, 0.15) is 23.5 Å². The van der Waals surface area contributed by atoms with Crippen molar-refractivity contribution in [3.63, 3.8) is 0 Å². The summed E-state index contributed by atoms with van der Waals surface area (Å²) in [7, 11) is 0. The average Bonchev–Trinajstić information content (AvgIpc) is 2.56. The van der Waals surface area contributed by atoms with E-state index < -0.39 is 17.7 Å². The molecule has 0 aromatic heterocycles. The van der Waals surface area contributed by atoms with Gasteiger partial charge in [-0.15, -0.1) is 0 Å². The van der Waals surface area contributed by atoms with Gasteiger partial charge >= 0.3 is 6.03 Å². The van der Waals surface area contributed by atoms with E-state index in [1.807, 2.05) is 13.0 Å². The SMILES string of the molecule is CC[C@@H]1CN(C(=O)Nc2ccc(F)cc2F)c2ccccc2O1. The Morgan fingerprint density at radius 3 is 2.83 bits per heavy atom. The fourth-order valence-corrected chi connectivity index (χ4v) is 2.48. The second kappa shape index (κ2) is 6.24. The quantitative estimate of drug-likeness (QED) is 0.903. The van der Waals surface area contributed by atoms with Crippen molar-refractivity contribution in [1.29, 1.82) is 0 Å². The lowest BCUT2D eigenvalue weighted by atomic mass is 10.1. The van der Waals surface area contributed by atoms with Crippen molar-refractivity contribution in [2.24, 2.45) is 0 Å². The van der Waals surface area contributed by atoms with E-state index in [-0.39, 0.29) is 11.8 Å². The number of anilines is 2. The molecule has 0 bridgehead atoms. The topological polar surface area (TPSA) is 41.6 Å². The molecule has 1 aliphatic rings. The highest BCUT2D eigenvalue weighted by Gasteiger charge is 2.29. The highest BCUT2D eigenvalue weighted by atomic mass is 19.1. The van der Waals surface area contributed by atoms with Gasteiger partial charge in [0, 0.05) is 6.07 Å². The van der Waals surface area contributed by atoms with Crippen molar-refractivity contribution >= 4 is 17.4 Å². The molecule has 2 aromatic carbocycles. The Morgan fingerprint density at radius 1 is 1.30 bits per heavy atom. The minimum absolute atomic E-state index is 0.0616. The molecule has 120 valence electrons. The molecular weight excluding hydrogens is 302 g/mol. The lowest BCUT2D eigenvalue weighted by Gasteiger charge is -2.34. The molecule has 2 amide bonds. The smallest absolute Gasteiger partial charge is 0.326 e. The number of amides is 2. The summed E-state index contributed by atoms with van der Waals surface area (Å²) in [5.74, 6) is -0.893. The number of halogens is 2. The highest BCUT2D eigenvalue weighted by Crippen LogP contribution is 2.34. The van der Waals surface area contributed by atoms with E-state index in [4.69, 9.17) is 4.74 Å². The van der Waals surface area contributed by atoms with Gasteiger partial charge in [0.15, 0.2) is 0 Å². The Labute approximate surface area is 132 Å². The third-order valence-corrected chi connectivity index (χ3v) is 3.71. The van der Waals surface area contributed by atoms with Crippen molar-refractivity contribution in [3.8, 4) is 5.75 Å². The molecule has 1 heterocycles. The van der Waals surface area contributed by atoms with Crippen molar-refractivity contribution < 1.29 is 18.3 Å². The van der Waals surface area contributed by atoms with Crippen molar-refractivity contribution in [2.75, 3.05) is 16.8 Å². The minimum Gasteiger partial charge on any atom is -0.486 e. The van der Waals surface area contributed by atoms with Gasteiger partial charge in [-0.2, -0.15) is 0 Å². The Balaban J connectivity index is 1.86. The van der Waals surface area contributed by atoms with Gasteiger partial charge in [-0.3, -0.25) is 4.90 Å². The second-order valence-corrected chi connectivity index (χ2v) is 5.28. The average molecular weight is 318 g/mol. The molecule has 0 saturated heterocycles. The van der Waals surface area contributed by atoms with Crippen molar-refractivity contribution in [3.05, 3.63) is 54.1 Å². The summed E-state index contributed by atoms with van der Waals surface area (Å²) in [6.07, 6.45) is 0.608. The van der Waals surface area contributed by atoms with E-state index in [1.165, 1.54) is 11.0 Å². The molecule has 4 nitrogen and oxygen atoms in total. The van der Waals surface area contributed by atoms with Crippen LogP contribution >= 0.6 is 0 Å². The van der Waals surface area contributed by atoms with Gasteiger partial charge < -0.3 is 10.1 Å². The lowest BCUT2D eigenvalue weighted by molar-refractivity contribution is 0.188. The molecule has 0 radical (unpaired) electrons. The molecule has 0 fully saturated rings. The predicted octanol–water partition coefficient (Wildman–Crippen LogP) is 4.17. The zero-order valence-electron chi connectivity index (χ0n) is 12.6. The van der Waals surface area contributed by atoms with Gasteiger partial charge in [0.25, 0.3) is 0 Å². The minimum atomic E-state index is -0.813. The van der Waals surface area contributed by atoms with E-state index in [0.717, 1.165) is 18.6 Å². The first-order valence-corrected chi connectivity index (χ1v) is 7.37. The number of fused-ring (bicyclic) bond motifs is 1. The van der Waals surface area contributed by atoms with E-state index in [9.17, 15) is 13.6 Å².